The van der Waals surface area contributed by atoms with Crippen molar-refractivity contribution >= 4 is 23.4 Å². The molecule has 0 bridgehead atoms. The van der Waals surface area contributed by atoms with Gasteiger partial charge in [0.15, 0.2) is 0 Å². The number of benzene rings is 3. The Morgan fingerprint density at radius 2 is 1.48 bits per heavy atom. The molecule has 5 heteroatoms. The first-order valence-electron chi connectivity index (χ1n) is 10.5. The second-order valence-corrected chi connectivity index (χ2v) is 7.85. The summed E-state index contributed by atoms with van der Waals surface area (Å²) in [6, 6.07) is 26.2. The zero-order chi connectivity index (χ0) is 22.1. The molecule has 0 saturated heterocycles. The molecule has 1 N–H and O–H groups in total. The molecule has 0 fully saturated rings. The van der Waals surface area contributed by atoms with Gasteiger partial charge in [0.2, 0.25) is 11.8 Å². The highest BCUT2D eigenvalue weighted by atomic mass is 35.5. The van der Waals surface area contributed by atoms with E-state index in [0.29, 0.717) is 24.5 Å². The molecule has 0 radical (unpaired) electrons. The fourth-order valence-electron chi connectivity index (χ4n) is 3.55. The normalized spacial score (nSPS) is 11.5. The number of nitrogens with zero attached hydrogens (tertiary/aromatic N) is 1. The molecule has 160 valence electrons. The summed E-state index contributed by atoms with van der Waals surface area (Å²) >= 11 is 6.11. The monoisotopic (exact) mass is 434 g/mol. The van der Waals surface area contributed by atoms with Crippen molar-refractivity contribution in [1.82, 2.24) is 10.2 Å². The van der Waals surface area contributed by atoms with E-state index in [9.17, 15) is 9.59 Å². The minimum atomic E-state index is -0.616. The third kappa shape index (κ3) is 6.69. The lowest BCUT2D eigenvalue weighted by Gasteiger charge is -2.31. The van der Waals surface area contributed by atoms with Crippen LogP contribution in [0.2, 0.25) is 5.02 Å². The van der Waals surface area contributed by atoms with Gasteiger partial charge in [-0.3, -0.25) is 9.59 Å². The molecule has 3 aromatic rings. The van der Waals surface area contributed by atoms with Crippen LogP contribution in [-0.4, -0.2) is 29.3 Å². The maximum absolute atomic E-state index is 13.5. The topological polar surface area (TPSA) is 49.4 Å². The molecule has 0 spiro atoms. The second-order valence-electron chi connectivity index (χ2n) is 7.41. The Kier molecular flexibility index (Phi) is 8.25. The van der Waals surface area contributed by atoms with Crippen LogP contribution in [0.15, 0.2) is 84.9 Å². The van der Waals surface area contributed by atoms with Crippen molar-refractivity contribution in [3.63, 3.8) is 0 Å². The fourth-order valence-corrected chi connectivity index (χ4v) is 3.76. The van der Waals surface area contributed by atoms with E-state index in [2.05, 4.69) is 5.32 Å². The number of carbonyl (C=O) groups is 2. The van der Waals surface area contributed by atoms with Crippen LogP contribution in [0.25, 0.3) is 0 Å². The predicted molar refractivity (Wildman–Crippen MR) is 125 cm³/mol. The van der Waals surface area contributed by atoms with Crippen LogP contribution in [0.5, 0.6) is 0 Å². The largest absolute Gasteiger partial charge is 0.355 e. The molecular formula is C26H27ClN2O2. The highest BCUT2D eigenvalue weighted by Gasteiger charge is 2.30. The summed E-state index contributed by atoms with van der Waals surface area (Å²) in [4.78, 5) is 28.2. The third-order valence-corrected chi connectivity index (χ3v) is 5.30. The van der Waals surface area contributed by atoms with Crippen LogP contribution in [0.3, 0.4) is 0 Å². The van der Waals surface area contributed by atoms with Crippen molar-refractivity contribution in [2.45, 2.75) is 32.4 Å². The molecule has 0 saturated carbocycles. The molecule has 1 atom stereocenters. The predicted octanol–water partition coefficient (Wildman–Crippen LogP) is 4.66. The van der Waals surface area contributed by atoms with Gasteiger partial charge in [0.25, 0.3) is 0 Å². The van der Waals surface area contributed by atoms with Crippen molar-refractivity contribution < 1.29 is 9.59 Å². The quantitative estimate of drug-likeness (QED) is 0.532. The molecule has 3 rings (SSSR count). The maximum Gasteiger partial charge on any atom is 0.243 e. The number of likely N-dealkylation sites (N-methyl/N-ethyl adjacent to an activating group) is 1. The number of rotatable bonds is 9. The van der Waals surface area contributed by atoms with Crippen molar-refractivity contribution in [2.24, 2.45) is 0 Å². The van der Waals surface area contributed by atoms with Gasteiger partial charge < -0.3 is 10.2 Å². The molecule has 31 heavy (non-hydrogen) atoms. The van der Waals surface area contributed by atoms with Crippen LogP contribution in [0.4, 0.5) is 0 Å². The number of amides is 2. The van der Waals surface area contributed by atoms with E-state index in [-0.39, 0.29) is 18.2 Å². The highest BCUT2D eigenvalue weighted by Crippen LogP contribution is 2.18. The number of hydrogen-bond acceptors (Lipinski definition) is 2. The first-order chi connectivity index (χ1) is 15.1. The Labute approximate surface area is 188 Å². The smallest absolute Gasteiger partial charge is 0.243 e. The summed E-state index contributed by atoms with van der Waals surface area (Å²) in [7, 11) is 0. The van der Waals surface area contributed by atoms with Crippen molar-refractivity contribution in [3.05, 3.63) is 107 Å². The first-order valence-corrected chi connectivity index (χ1v) is 10.8. The molecule has 0 aliphatic heterocycles. The number of halogens is 1. The average molecular weight is 435 g/mol. The van der Waals surface area contributed by atoms with Crippen molar-refractivity contribution in [1.29, 1.82) is 0 Å². The van der Waals surface area contributed by atoms with Gasteiger partial charge >= 0.3 is 0 Å². The Bertz CT molecular complexity index is 993. The van der Waals surface area contributed by atoms with E-state index >= 15 is 0 Å². The van der Waals surface area contributed by atoms with Crippen LogP contribution in [0.1, 0.15) is 23.6 Å². The Morgan fingerprint density at radius 1 is 0.871 bits per heavy atom. The lowest BCUT2D eigenvalue weighted by Crippen LogP contribution is -2.50. The zero-order valence-electron chi connectivity index (χ0n) is 17.6. The molecule has 4 nitrogen and oxygen atoms in total. The minimum absolute atomic E-state index is 0.113. The van der Waals surface area contributed by atoms with Gasteiger partial charge in [-0.05, 0) is 35.7 Å². The number of carbonyl (C=O) groups excluding carboxylic acids is 2. The lowest BCUT2D eigenvalue weighted by molar-refractivity contribution is -0.140. The summed E-state index contributed by atoms with van der Waals surface area (Å²) in [5.41, 5.74) is 2.81. The van der Waals surface area contributed by atoms with Gasteiger partial charge in [-0.2, -0.15) is 0 Å². The molecule has 0 aliphatic carbocycles. The van der Waals surface area contributed by atoms with Gasteiger partial charge in [0.1, 0.15) is 6.04 Å². The summed E-state index contributed by atoms with van der Waals surface area (Å²) < 4.78 is 0. The average Bonchev–Trinajstić information content (AvgIpc) is 2.77. The Balaban J connectivity index is 1.93. The van der Waals surface area contributed by atoms with E-state index in [4.69, 9.17) is 11.6 Å². The van der Waals surface area contributed by atoms with Gasteiger partial charge in [-0.15, -0.1) is 0 Å². The Morgan fingerprint density at radius 3 is 2.10 bits per heavy atom. The van der Waals surface area contributed by atoms with E-state index in [0.717, 1.165) is 16.7 Å². The summed E-state index contributed by atoms with van der Waals surface area (Å²) in [6.07, 6.45) is 0.624. The molecular weight excluding hydrogens is 408 g/mol. The van der Waals surface area contributed by atoms with E-state index < -0.39 is 6.04 Å². The van der Waals surface area contributed by atoms with Crippen LogP contribution < -0.4 is 5.32 Å². The van der Waals surface area contributed by atoms with Gasteiger partial charge in [0, 0.05) is 24.5 Å². The second kappa shape index (κ2) is 11.3. The van der Waals surface area contributed by atoms with Crippen LogP contribution in [0, 0.1) is 0 Å². The first kappa shape index (κ1) is 22.6. The number of hydrogen-bond donors (Lipinski definition) is 1. The minimum Gasteiger partial charge on any atom is -0.355 e. The molecule has 2 amide bonds. The SMILES string of the molecule is CCNC(=O)[C@H](Cc1ccccc1)N(Cc1ccccc1)C(=O)Cc1cccc(Cl)c1. The summed E-state index contributed by atoms with van der Waals surface area (Å²) in [6.45, 7) is 2.74. The van der Waals surface area contributed by atoms with Gasteiger partial charge in [-0.25, -0.2) is 0 Å². The highest BCUT2D eigenvalue weighted by molar-refractivity contribution is 6.30. The van der Waals surface area contributed by atoms with Crippen molar-refractivity contribution in [2.75, 3.05) is 6.54 Å². The molecule has 0 heterocycles. The van der Waals surface area contributed by atoms with E-state index in [1.54, 1.807) is 17.0 Å². The standard InChI is InChI=1S/C26H27ClN2O2/c1-2-28-26(31)24(17-20-10-5-3-6-11-20)29(19-21-12-7-4-8-13-21)25(30)18-22-14-9-15-23(27)16-22/h3-16,24H,2,17-19H2,1H3,(H,28,31)/t24-/m0/s1. The van der Waals surface area contributed by atoms with Gasteiger partial charge in [-0.1, -0.05) is 84.4 Å². The number of nitrogens with one attached hydrogen (secondary N) is 1. The maximum atomic E-state index is 13.5. The fraction of sp³-hybridized carbons (Fsp3) is 0.231. The Hall–Kier alpha value is -3.11. The van der Waals surface area contributed by atoms with Crippen molar-refractivity contribution in [3.8, 4) is 0 Å². The molecule has 0 aromatic heterocycles. The summed E-state index contributed by atoms with van der Waals surface area (Å²) in [5, 5.41) is 3.49. The van der Waals surface area contributed by atoms with E-state index in [1.165, 1.54) is 0 Å². The van der Waals surface area contributed by atoms with Gasteiger partial charge in [0.05, 0.1) is 6.42 Å². The van der Waals surface area contributed by atoms with Crippen LogP contribution in [-0.2, 0) is 29.0 Å². The third-order valence-electron chi connectivity index (χ3n) is 5.06. The molecule has 3 aromatic carbocycles. The van der Waals surface area contributed by atoms with E-state index in [1.807, 2.05) is 79.7 Å². The van der Waals surface area contributed by atoms with Crippen LogP contribution >= 0.6 is 11.6 Å². The molecule has 0 aliphatic rings. The zero-order valence-corrected chi connectivity index (χ0v) is 18.4. The lowest BCUT2D eigenvalue weighted by atomic mass is 10.0. The summed E-state index contributed by atoms with van der Waals surface area (Å²) in [5.74, 6) is -0.264. The molecule has 0 unspecified atom stereocenters.